The monoisotopic (exact) mass is 451 g/mol. The molecule has 3 rings (SSSR count). The fourth-order valence-corrected chi connectivity index (χ4v) is 3.51. The minimum atomic E-state index is -0.793. The molecule has 0 bridgehead atoms. The predicted molar refractivity (Wildman–Crippen MR) is 107 cm³/mol. The third-order valence-electron chi connectivity index (χ3n) is 4.31. The number of benzene rings is 1. The minimum Gasteiger partial charge on any atom is -0.449 e. The molecule has 1 aromatic carbocycles. The van der Waals surface area contributed by atoms with E-state index in [1.54, 1.807) is 39.0 Å². The molecule has 0 spiro atoms. The van der Waals surface area contributed by atoms with Crippen molar-refractivity contribution in [1.82, 2.24) is 4.90 Å². The van der Waals surface area contributed by atoms with Crippen LogP contribution in [-0.4, -0.2) is 41.0 Å². The Labute approximate surface area is 170 Å². The molecule has 150 valence electrons. The highest BCUT2D eigenvalue weighted by atomic mass is 79.9. The summed E-state index contributed by atoms with van der Waals surface area (Å²) in [5.41, 5.74) is 5.37. The summed E-state index contributed by atoms with van der Waals surface area (Å²) in [6.07, 6.45) is 0.633. The number of hydrogen-bond acceptors (Lipinski definition) is 5. The molecule has 0 aliphatic carbocycles. The van der Waals surface area contributed by atoms with E-state index in [0.717, 1.165) is 4.47 Å². The van der Waals surface area contributed by atoms with E-state index in [-0.39, 0.29) is 11.4 Å². The number of furan rings is 1. The van der Waals surface area contributed by atoms with Gasteiger partial charge in [-0.15, -0.1) is 0 Å². The van der Waals surface area contributed by atoms with Crippen LogP contribution < -0.4 is 11.1 Å². The van der Waals surface area contributed by atoms with Crippen LogP contribution in [0.4, 0.5) is 10.5 Å². The van der Waals surface area contributed by atoms with Crippen LogP contribution in [-0.2, 0) is 9.53 Å². The maximum atomic E-state index is 12.9. The fourth-order valence-electron chi connectivity index (χ4n) is 3.15. The number of hydrogen-bond donors (Lipinski definition) is 2. The average molecular weight is 452 g/mol. The number of anilines is 1. The summed E-state index contributed by atoms with van der Waals surface area (Å²) in [4.78, 5) is 38.6. The number of fused-ring (bicyclic) bond motifs is 1. The van der Waals surface area contributed by atoms with Crippen LogP contribution >= 0.6 is 15.9 Å². The molecule has 9 heteroatoms. The topological polar surface area (TPSA) is 115 Å². The number of carbonyl (C=O) groups is 3. The SMILES string of the molecule is CC(C)(C)OC(=O)N1CCC[C@H]1C(=O)Nc1c(C(N)=O)oc2ccc(Br)cc12. The molecular weight excluding hydrogens is 430 g/mol. The normalized spacial score (nSPS) is 17.0. The number of nitrogens with one attached hydrogen (secondary N) is 1. The Morgan fingerprint density at radius 1 is 1.32 bits per heavy atom. The molecule has 3 amide bonds. The molecule has 0 unspecified atom stereocenters. The molecule has 1 aliphatic heterocycles. The van der Waals surface area contributed by atoms with Crippen molar-refractivity contribution in [1.29, 1.82) is 0 Å². The number of nitrogens with two attached hydrogens (primary N) is 1. The molecule has 0 radical (unpaired) electrons. The lowest BCUT2D eigenvalue weighted by Gasteiger charge is -2.28. The van der Waals surface area contributed by atoms with E-state index < -0.39 is 29.6 Å². The van der Waals surface area contributed by atoms with Crippen molar-refractivity contribution in [2.45, 2.75) is 45.3 Å². The van der Waals surface area contributed by atoms with Gasteiger partial charge in [-0.05, 0) is 51.8 Å². The lowest BCUT2D eigenvalue weighted by Crippen LogP contribution is -2.45. The van der Waals surface area contributed by atoms with Crippen LogP contribution in [0.2, 0.25) is 0 Å². The number of ether oxygens (including phenoxy) is 1. The number of halogens is 1. The van der Waals surface area contributed by atoms with Gasteiger partial charge in [0.2, 0.25) is 11.7 Å². The summed E-state index contributed by atoms with van der Waals surface area (Å²) in [6, 6.07) is 4.45. The maximum absolute atomic E-state index is 12.9. The third kappa shape index (κ3) is 4.14. The first-order chi connectivity index (χ1) is 13.1. The number of likely N-dealkylation sites (tertiary alicyclic amines) is 1. The van der Waals surface area contributed by atoms with E-state index >= 15 is 0 Å². The highest BCUT2D eigenvalue weighted by Gasteiger charge is 2.37. The van der Waals surface area contributed by atoms with Crippen molar-refractivity contribution in [3.05, 3.63) is 28.4 Å². The zero-order chi connectivity index (χ0) is 20.6. The second-order valence-corrected chi connectivity index (χ2v) is 8.55. The molecule has 28 heavy (non-hydrogen) atoms. The predicted octanol–water partition coefficient (Wildman–Crippen LogP) is 3.63. The van der Waals surface area contributed by atoms with Gasteiger partial charge in [0.15, 0.2) is 0 Å². The highest BCUT2D eigenvalue weighted by molar-refractivity contribution is 9.10. The second-order valence-electron chi connectivity index (χ2n) is 7.63. The van der Waals surface area contributed by atoms with Crippen LogP contribution in [0.1, 0.15) is 44.2 Å². The number of carbonyl (C=O) groups excluding carboxylic acids is 3. The van der Waals surface area contributed by atoms with Gasteiger partial charge in [0, 0.05) is 16.4 Å². The smallest absolute Gasteiger partial charge is 0.410 e. The van der Waals surface area contributed by atoms with Gasteiger partial charge in [0.1, 0.15) is 22.9 Å². The summed E-state index contributed by atoms with van der Waals surface area (Å²) >= 11 is 3.36. The molecule has 1 aliphatic rings. The summed E-state index contributed by atoms with van der Waals surface area (Å²) in [6.45, 7) is 5.73. The van der Waals surface area contributed by atoms with Gasteiger partial charge in [-0.2, -0.15) is 0 Å². The van der Waals surface area contributed by atoms with Crippen molar-refractivity contribution >= 4 is 50.5 Å². The van der Waals surface area contributed by atoms with Crippen LogP contribution in [0, 0.1) is 0 Å². The van der Waals surface area contributed by atoms with E-state index in [0.29, 0.717) is 30.4 Å². The van der Waals surface area contributed by atoms with Gasteiger partial charge >= 0.3 is 6.09 Å². The molecule has 1 aromatic heterocycles. The summed E-state index contributed by atoms with van der Waals surface area (Å²) in [5, 5.41) is 3.27. The van der Waals surface area contributed by atoms with Gasteiger partial charge in [-0.25, -0.2) is 4.79 Å². The van der Waals surface area contributed by atoms with Gasteiger partial charge in [0.05, 0.1) is 0 Å². The molecule has 2 heterocycles. The van der Waals surface area contributed by atoms with Gasteiger partial charge in [-0.1, -0.05) is 15.9 Å². The van der Waals surface area contributed by atoms with Crippen LogP contribution in [0.3, 0.4) is 0 Å². The average Bonchev–Trinajstić information content (AvgIpc) is 3.18. The number of primary amides is 1. The van der Waals surface area contributed by atoms with Gasteiger partial charge in [-0.3, -0.25) is 14.5 Å². The van der Waals surface area contributed by atoms with E-state index in [2.05, 4.69) is 21.2 Å². The van der Waals surface area contributed by atoms with Crippen molar-refractivity contribution in [2.24, 2.45) is 5.73 Å². The number of nitrogens with zero attached hydrogens (tertiary/aromatic N) is 1. The first-order valence-electron chi connectivity index (χ1n) is 8.89. The second kappa shape index (κ2) is 7.46. The summed E-state index contributed by atoms with van der Waals surface area (Å²) in [5.74, 6) is -1.35. The van der Waals surface area contributed by atoms with E-state index in [1.165, 1.54) is 4.90 Å². The zero-order valence-corrected chi connectivity index (χ0v) is 17.5. The molecule has 0 saturated carbocycles. The molecule has 1 fully saturated rings. The Balaban J connectivity index is 1.88. The van der Waals surface area contributed by atoms with Crippen LogP contribution in [0.25, 0.3) is 11.0 Å². The maximum Gasteiger partial charge on any atom is 0.410 e. The fraction of sp³-hybridized carbons (Fsp3) is 0.421. The van der Waals surface area contributed by atoms with Gasteiger partial charge < -0.3 is 20.2 Å². The Morgan fingerprint density at radius 2 is 2.04 bits per heavy atom. The molecular formula is C19H22BrN3O5. The van der Waals surface area contributed by atoms with E-state index in [1.807, 2.05) is 0 Å². The minimum absolute atomic E-state index is 0.136. The van der Waals surface area contributed by atoms with Crippen LogP contribution in [0.5, 0.6) is 0 Å². The zero-order valence-electron chi connectivity index (χ0n) is 15.9. The van der Waals surface area contributed by atoms with E-state index in [4.69, 9.17) is 14.9 Å². The standard InChI is InChI=1S/C19H22BrN3O5/c1-19(2,3)28-18(26)23-8-4-5-12(23)17(25)22-14-11-9-10(20)6-7-13(11)27-15(14)16(21)24/h6-7,9,12H,4-5,8H2,1-3H3,(H2,21,24)(H,22,25)/t12-/m0/s1. The summed E-state index contributed by atoms with van der Waals surface area (Å²) in [7, 11) is 0. The lowest BCUT2D eigenvalue weighted by atomic mass is 10.1. The molecule has 1 atom stereocenters. The Morgan fingerprint density at radius 3 is 2.68 bits per heavy atom. The number of amides is 3. The van der Waals surface area contributed by atoms with Gasteiger partial charge in [0.25, 0.3) is 5.91 Å². The number of rotatable bonds is 3. The van der Waals surface area contributed by atoms with E-state index in [9.17, 15) is 14.4 Å². The molecule has 3 N–H and O–H groups in total. The van der Waals surface area contributed by atoms with Crippen molar-refractivity contribution in [3.8, 4) is 0 Å². The largest absolute Gasteiger partial charge is 0.449 e. The van der Waals surface area contributed by atoms with Crippen molar-refractivity contribution < 1.29 is 23.5 Å². The first-order valence-corrected chi connectivity index (χ1v) is 9.68. The quantitative estimate of drug-likeness (QED) is 0.738. The molecule has 1 saturated heterocycles. The third-order valence-corrected chi connectivity index (χ3v) is 4.80. The van der Waals surface area contributed by atoms with Crippen molar-refractivity contribution in [2.75, 3.05) is 11.9 Å². The Hall–Kier alpha value is -2.55. The first kappa shape index (κ1) is 20.2. The Kier molecular flexibility index (Phi) is 5.38. The Bertz CT molecular complexity index is 947. The summed E-state index contributed by atoms with van der Waals surface area (Å²) < 4.78 is 11.7. The van der Waals surface area contributed by atoms with Crippen molar-refractivity contribution in [3.63, 3.8) is 0 Å². The highest BCUT2D eigenvalue weighted by Crippen LogP contribution is 2.33. The van der Waals surface area contributed by atoms with Crippen LogP contribution in [0.15, 0.2) is 27.1 Å². The molecule has 2 aromatic rings. The lowest BCUT2D eigenvalue weighted by molar-refractivity contribution is -0.120. The molecule has 8 nitrogen and oxygen atoms in total.